The Morgan fingerprint density at radius 3 is 2.55 bits per heavy atom. The predicted molar refractivity (Wildman–Crippen MR) is 94.3 cm³/mol. The number of hydrogen-bond donors (Lipinski definition) is 0. The molecule has 1 aromatic heterocycles. The minimum Gasteiger partial charge on any atom is -0.458 e. The molecule has 1 amide bonds. The molecule has 1 aliphatic rings. The van der Waals surface area contributed by atoms with Crippen molar-refractivity contribution >= 4 is 11.9 Å². The minimum absolute atomic E-state index is 0.199. The highest BCUT2D eigenvalue weighted by atomic mass is 19.4. The van der Waals surface area contributed by atoms with Crippen LogP contribution < -0.4 is 9.47 Å². The van der Waals surface area contributed by atoms with E-state index in [1.807, 2.05) is 0 Å². The van der Waals surface area contributed by atoms with Crippen molar-refractivity contribution in [3.63, 3.8) is 0 Å². The topological polar surface area (TPSA) is 81.6 Å². The van der Waals surface area contributed by atoms with Gasteiger partial charge in [-0.2, -0.15) is 18.2 Å². The number of piperidine rings is 1. The molecule has 1 saturated heterocycles. The van der Waals surface area contributed by atoms with Gasteiger partial charge in [0.1, 0.15) is 11.9 Å². The van der Waals surface area contributed by atoms with Gasteiger partial charge in [-0.3, -0.25) is 9.59 Å². The number of nitrogens with zero attached hydrogens (tertiary/aromatic N) is 3. The molecule has 1 aliphatic heterocycles. The molecule has 3 rings (SSSR count). The third-order valence-corrected chi connectivity index (χ3v) is 4.22. The highest BCUT2D eigenvalue weighted by molar-refractivity contribution is 5.94. The Kier molecular flexibility index (Phi) is 6.00. The lowest BCUT2D eigenvalue weighted by atomic mass is 10.1. The van der Waals surface area contributed by atoms with Gasteiger partial charge in [0.05, 0.1) is 6.54 Å². The number of likely N-dealkylation sites (tertiary alicyclic amines) is 1. The van der Waals surface area contributed by atoms with Gasteiger partial charge in [-0.1, -0.05) is 0 Å². The molecular weight excluding hydrogens is 391 g/mol. The molecule has 0 radical (unpaired) electrons. The van der Waals surface area contributed by atoms with E-state index in [1.54, 1.807) is 17.0 Å². The molecular formula is C19H18F3N3O4. The summed E-state index contributed by atoms with van der Waals surface area (Å²) in [6.07, 6.45) is -2.93. The lowest BCUT2D eigenvalue weighted by Gasteiger charge is -2.32. The summed E-state index contributed by atoms with van der Waals surface area (Å²) in [6.45, 7) is 1.97. The van der Waals surface area contributed by atoms with Crippen molar-refractivity contribution in [2.75, 3.05) is 13.1 Å². The molecule has 0 aliphatic carbocycles. The lowest BCUT2D eigenvalue weighted by molar-refractivity contribution is -0.141. The summed E-state index contributed by atoms with van der Waals surface area (Å²) in [5.41, 5.74) is -0.684. The fourth-order valence-electron chi connectivity index (χ4n) is 2.94. The maximum atomic E-state index is 12.8. The van der Waals surface area contributed by atoms with Crippen LogP contribution in [-0.2, 0) is 11.0 Å². The Morgan fingerprint density at radius 1 is 1.17 bits per heavy atom. The molecule has 2 heterocycles. The lowest BCUT2D eigenvalue weighted by Crippen LogP contribution is -2.44. The average Bonchev–Trinajstić information content (AvgIpc) is 2.67. The van der Waals surface area contributed by atoms with Crippen LogP contribution in [0.15, 0.2) is 36.5 Å². The van der Waals surface area contributed by atoms with Gasteiger partial charge in [0.15, 0.2) is 5.69 Å². The average molecular weight is 409 g/mol. The smallest absolute Gasteiger partial charge is 0.433 e. The molecule has 2 aromatic rings. The van der Waals surface area contributed by atoms with Gasteiger partial charge >= 0.3 is 18.2 Å². The minimum atomic E-state index is -4.59. The molecule has 7 nitrogen and oxygen atoms in total. The first kappa shape index (κ1) is 20.6. The van der Waals surface area contributed by atoms with Crippen LogP contribution in [0, 0.1) is 0 Å². The standard InChI is InChI=1S/C19H18F3N3O4/c1-12(26)28-14-6-4-13(5-7-14)17(27)25-10-2-3-15(11-25)29-18-23-9-8-16(24-18)19(20,21)22/h4-9,15H,2-3,10-11H2,1H3. The molecule has 10 heteroatoms. The molecule has 154 valence electrons. The number of ether oxygens (including phenoxy) is 2. The van der Waals surface area contributed by atoms with Crippen LogP contribution in [0.2, 0.25) is 0 Å². The van der Waals surface area contributed by atoms with Gasteiger partial charge in [-0.15, -0.1) is 0 Å². The number of carbonyl (C=O) groups excluding carboxylic acids is 2. The zero-order valence-electron chi connectivity index (χ0n) is 15.5. The number of halogens is 3. The van der Waals surface area contributed by atoms with Crippen molar-refractivity contribution in [3.05, 3.63) is 47.8 Å². The first-order chi connectivity index (χ1) is 13.7. The van der Waals surface area contributed by atoms with Crippen LogP contribution >= 0.6 is 0 Å². The second kappa shape index (κ2) is 8.46. The summed E-state index contributed by atoms with van der Waals surface area (Å²) in [4.78, 5) is 32.3. The molecule has 0 N–H and O–H groups in total. The Morgan fingerprint density at radius 2 is 1.90 bits per heavy atom. The highest BCUT2D eigenvalue weighted by Gasteiger charge is 2.33. The summed E-state index contributed by atoms with van der Waals surface area (Å²) in [5, 5.41) is 0. The summed E-state index contributed by atoms with van der Waals surface area (Å²) in [6, 6.07) is 6.52. The largest absolute Gasteiger partial charge is 0.458 e. The Balaban J connectivity index is 1.64. The zero-order valence-corrected chi connectivity index (χ0v) is 15.5. The van der Waals surface area contributed by atoms with Gasteiger partial charge in [-0.05, 0) is 43.2 Å². The molecule has 1 unspecified atom stereocenters. The second-order valence-corrected chi connectivity index (χ2v) is 6.47. The Bertz CT molecular complexity index is 887. The van der Waals surface area contributed by atoms with Crippen LogP contribution in [0.4, 0.5) is 13.2 Å². The number of carbonyl (C=O) groups is 2. The predicted octanol–water partition coefficient (Wildman–Crippen LogP) is 3.10. The third-order valence-electron chi connectivity index (χ3n) is 4.22. The van der Waals surface area contributed by atoms with E-state index < -0.39 is 23.9 Å². The summed E-state index contributed by atoms with van der Waals surface area (Å²) < 4.78 is 48.8. The quantitative estimate of drug-likeness (QED) is 0.570. The van der Waals surface area contributed by atoms with Gasteiger partial charge in [0, 0.05) is 25.2 Å². The highest BCUT2D eigenvalue weighted by Crippen LogP contribution is 2.28. The van der Waals surface area contributed by atoms with Crippen molar-refractivity contribution in [3.8, 4) is 11.8 Å². The number of aromatic nitrogens is 2. The van der Waals surface area contributed by atoms with E-state index in [2.05, 4.69) is 9.97 Å². The first-order valence-corrected chi connectivity index (χ1v) is 8.87. The van der Waals surface area contributed by atoms with Gasteiger partial charge in [-0.25, -0.2) is 4.98 Å². The fraction of sp³-hybridized carbons (Fsp3) is 0.368. The third kappa shape index (κ3) is 5.43. The van der Waals surface area contributed by atoms with E-state index in [1.165, 1.54) is 19.1 Å². The molecule has 1 atom stereocenters. The summed E-state index contributed by atoms with van der Waals surface area (Å²) in [7, 11) is 0. The van der Waals surface area contributed by atoms with Crippen molar-refractivity contribution in [2.24, 2.45) is 0 Å². The molecule has 1 aromatic carbocycles. The fourth-order valence-corrected chi connectivity index (χ4v) is 2.94. The number of benzene rings is 1. The maximum absolute atomic E-state index is 12.8. The van der Waals surface area contributed by atoms with E-state index in [9.17, 15) is 22.8 Å². The normalized spacial score (nSPS) is 17.0. The maximum Gasteiger partial charge on any atom is 0.433 e. The molecule has 1 fully saturated rings. The SMILES string of the molecule is CC(=O)Oc1ccc(C(=O)N2CCCC(Oc3nccc(C(F)(F)F)n3)C2)cc1. The van der Waals surface area contributed by atoms with E-state index in [0.29, 0.717) is 30.7 Å². The molecule has 0 saturated carbocycles. The first-order valence-electron chi connectivity index (χ1n) is 8.87. The monoisotopic (exact) mass is 409 g/mol. The molecule has 0 spiro atoms. The molecule has 29 heavy (non-hydrogen) atoms. The van der Waals surface area contributed by atoms with Crippen LogP contribution in [0.25, 0.3) is 0 Å². The number of rotatable bonds is 4. The van der Waals surface area contributed by atoms with E-state index in [4.69, 9.17) is 9.47 Å². The van der Waals surface area contributed by atoms with E-state index >= 15 is 0 Å². The van der Waals surface area contributed by atoms with Crippen molar-refractivity contribution in [2.45, 2.75) is 32.0 Å². The number of amides is 1. The van der Waals surface area contributed by atoms with Crippen molar-refractivity contribution in [1.82, 2.24) is 14.9 Å². The number of alkyl halides is 3. The number of esters is 1. The van der Waals surface area contributed by atoms with Gasteiger partial charge in [0.2, 0.25) is 0 Å². The van der Waals surface area contributed by atoms with Crippen molar-refractivity contribution in [1.29, 1.82) is 0 Å². The summed E-state index contributed by atoms with van der Waals surface area (Å²) in [5.74, 6) is -0.384. The Labute approximate surface area is 164 Å². The molecule has 0 bridgehead atoms. The van der Waals surface area contributed by atoms with Crippen molar-refractivity contribution < 1.29 is 32.2 Å². The van der Waals surface area contributed by atoms with E-state index in [-0.39, 0.29) is 18.5 Å². The number of hydrogen-bond acceptors (Lipinski definition) is 6. The van der Waals surface area contributed by atoms with Crippen LogP contribution in [0.1, 0.15) is 35.8 Å². The zero-order chi connectivity index (χ0) is 21.0. The van der Waals surface area contributed by atoms with Gasteiger partial charge in [0.25, 0.3) is 5.91 Å². The van der Waals surface area contributed by atoms with Crippen LogP contribution in [0.3, 0.4) is 0 Å². The van der Waals surface area contributed by atoms with Crippen LogP contribution in [0.5, 0.6) is 11.8 Å². The second-order valence-electron chi connectivity index (χ2n) is 6.47. The van der Waals surface area contributed by atoms with Crippen LogP contribution in [-0.4, -0.2) is 45.9 Å². The summed E-state index contributed by atoms with van der Waals surface area (Å²) >= 11 is 0. The van der Waals surface area contributed by atoms with E-state index in [0.717, 1.165) is 12.3 Å². The van der Waals surface area contributed by atoms with Gasteiger partial charge < -0.3 is 14.4 Å². The Hall–Kier alpha value is -3.17.